The number of anilines is 1. The second-order valence-corrected chi connectivity index (χ2v) is 4.50. The molecule has 1 heterocycles. The molecule has 18 heavy (non-hydrogen) atoms. The van der Waals surface area contributed by atoms with Crippen molar-refractivity contribution in [1.29, 1.82) is 0 Å². The molecule has 0 saturated carbocycles. The van der Waals surface area contributed by atoms with Crippen LogP contribution in [0.4, 0.5) is 5.69 Å². The van der Waals surface area contributed by atoms with Gasteiger partial charge in [0.05, 0.1) is 0 Å². The van der Waals surface area contributed by atoms with Crippen LogP contribution in [0.1, 0.15) is 21.6 Å². The molecule has 1 aromatic heterocycles. The maximum Gasteiger partial charge on any atom is 0.270 e. The Labute approximate surface area is 106 Å². The van der Waals surface area contributed by atoms with Gasteiger partial charge in [-0.2, -0.15) is 0 Å². The minimum absolute atomic E-state index is 0.0618. The number of hydrogen-bond acceptors (Lipinski definition) is 2. The van der Waals surface area contributed by atoms with Gasteiger partial charge in [-0.15, -0.1) is 0 Å². The van der Waals surface area contributed by atoms with Crippen LogP contribution in [0.2, 0.25) is 0 Å². The predicted molar refractivity (Wildman–Crippen MR) is 72.2 cm³/mol. The van der Waals surface area contributed by atoms with E-state index in [1.807, 2.05) is 25.1 Å². The van der Waals surface area contributed by atoms with E-state index in [1.165, 1.54) is 5.56 Å². The molecule has 0 unspecified atom stereocenters. The zero-order valence-corrected chi connectivity index (χ0v) is 10.6. The first-order valence-electron chi connectivity index (χ1n) is 5.81. The number of hydrogen-bond donors (Lipinski definition) is 2. The van der Waals surface area contributed by atoms with Gasteiger partial charge < -0.3 is 15.6 Å². The second-order valence-electron chi connectivity index (χ2n) is 4.50. The van der Waals surface area contributed by atoms with Crippen LogP contribution in [0.3, 0.4) is 0 Å². The summed E-state index contributed by atoms with van der Waals surface area (Å²) in [7, 11) is 1.78. The molecule has 2 aromatic rings. The molecular weight excluding hydrogens is 226 g/mol. The van der Waals surface area contributed by atoms with Crippen LogP contribution in [-0.2, 0) is 6.54 Å². The normalized spacial score (nSPS) is 10.3. The Morgan fingerprint density at radius 3 is 2.78 bits per heavy atom. The lowest BCUT2D eigenvalue weighted by Crippen LogP contribution is -2.26. The Balaban J connectivity index is 2.08. The fraction of sp³-hybridized carbons (Fsp3) is 0.214. The molecule has 0 atom stereocenters. The average Bonchev–Trinajstić information content (AvgIpc) is 2.75. The molecule has 0 spiro atoms. The number of carbonyl (C=O) groups is 1. The van der Waals surface area contributed by atoms with Crippen molar-refractivity contribution in [3.05, 3.63) is 53.3 Å². The largest absolute Gasteiger partial charge is 0.397 e. The summed E-state index contributed by atoms with van der Waals surface area (Å²) in [4.78, 5) is 16.6. The lowest BCUT2D eigenvalue weighted by Gasteiger charge is -2.16. The first-order valence-corrected chi connectivity index (χ1v) is 5.81. The Hall–Kier alpha value is -2.23. The fourth-order valence-corrected chi connectivity index (χ4v) is 1.90. The third kappa shape index (κ3) is 2.71. The Morgan fingerprint density at radius 2 is 2.17 bits per heavy atom. The number of aryl methyl sites for hydroxylation is 1. The Bertz CT molecular complexity index is 560. The number of nitrogens with two attached hydrogens (primary N) is 1. The van der Waals surface area contributed by atoms with Crippen molar-refractivity contribution in [3.8, 4) is 0 Å². The predicted octanol–water partition coefficient (Wildman–Crippen LogP) is 2.18. The van der Waals surface area contributed by atoms with Crippen molar-refractivity contribution >= 4 is 11.6 Å². The number of rotatable bonds is 3. The highest BCUT2D eigenvalue weighted by molar-refractivity contribution is 5.93. The van der Waals surface area contributed by atoms with Crippen molar-refractivity contribution in [3.63, 3.8) is 0 Å². The molecule has 0 aliphatic carbocycles. The van der Waals surface area contributed by atoms with Gasteiger partial charge in [-0.3, -0.25) is 4.79 Å². The van der Waals surface area contributed by atoms with Gasteiger partial charge in [-0.05, 0) is 18.6 Å². The number of carbonyl (C=O) groups excluding carboxylic acids is 1. The van der Waals surface area contributed by atoms with E-state index >= 15 is 0 Å². The number of nitrogen functional groups attached to an aromatic ring is 1. The molecule has 0 aliphatic rings. The van der Waals surface area contributed by atoms with Crippen LogP contribution in [0.25, 0.3) is 0 Å². The molecule has 0 fully saturated rings. The van der Waals surface area contributed by atoms with Crippen LogP contribution in [0.15, 0.2) is 36.5 Å². The summed E-state index contributed by atoms with van der Waals surface area (Å²) in [5.74, 6) is -0.0618. The molecule has 0 bridgehead atoms. The number of nitrogens with zero attached hydrogens (tertiary/aromatic N) is 1. The number of benzene rings is 1. The highest BCUT2D eigenvalue weighted by Gasteiger charge is 2.13. The highest BCUT2D eigenvalue weighted by Crippen LogP contribution is 2.11. The van der Waals surface area contributed by atoms with Crippen LogP contribution in [0.5, 0.6) is 0 Å². The van der Waals surface area contributed by atoms with E-state index in [0.717, 1.165) is 5.56 Å². The fourth-order valence-electron chi connectivity index (χ4n) is 1.90. The van der Waals surface area contributed by atoms with Gasteiger partial charge in [0.15, 0.2) is 0 Å². The SMILES string of the molecule is Cc1cccc(CN(C)C(=O)c2cc(N)c[nH]2)c1. The lowest BCUT2D eigenvalue weighted by atomic mass is 10.1. The number of amides is 1. The molecule has 0 aliphatic heterocycles. The minimum atomic E-state index is -0.0618. The maximum absolute atomic E-state index is 12.1. The molecule has 0 radical (unpaired) electrons. The number of H-pyrrole nitrogens is 1. The van der Waals surface area contributed by atoms with E-state index in [9.17, 15) is 4.79 Å². The van der Waals surface area contributed by atoms with Crippen molar-refractivity contribution in [2.24, 2.45) is 0 Å². The minimum Gasteiger partial charge on any atom is -0.397 e. The van der Waals surface area contributed by atoms with Crippen molar-refractivity contribution < 1.29 is 4.79 Å². The highest BCUT2D eigenvalue weighted by atomic mass is 16.2. The summed E-state index contributed by atoms with van der Waals surface area (Å²) in [6.45, 7) is 2.62. The molecular formula is C14H17N3O. The van der Waals surface area contributed by atoms with E-state index in [0.29, 0.717) is 17.9 Å². The van der Waals surface area contributed by atoms with Crippen LogP contribution < -0.4 is 5.73 Å². The summed E-state index contributed by atoms with van der Waals surface area (Å²) in [5.41, 5.74) is 8.98. The van der Waals surface area contributed by atoms with Gasteiger partial charge in [0.2, 0.25) is 0 Å². The zero-order chi connectivity index (χ0) is 13.1. The summed E-state index contributed by atoms with van der Waals surface area (Å²) < 4.78 is 0. The first kappa shape index (κ1) is 12.2. The molecule has 4 nitrogen and oxygen atoms in total. The zero-order valence-electron chi connectivity index (χ0n) is 10.6. The molecule has 4 heteroatoms. The van der Waals surface area contributed by atoms with Gasteiger partial charge >= 0.3 is 0 Å². The second kappa shape index (κ2) is 4.96. The molecule has 94 valence electrons. The summed E-state index contributed by atoms with van der Waals surface area (Å²) in [6.07, 6.45) is 1.62. The third-order valence-corrected chi connectivity index (χ3v) is 2.78. The molecule has 1 amide bonds. The van der Waals surface area contributed by atoms with Gasteiger partial charge in [0.1, 0.15) is 5.69 Å². The summed E-state index contributed by atoms with van der Waals surface area (Å²) in [5, 5.41) is 0. The van der Waals surface area contributed by atoms with Gasteiger partial charge in [-0.25, -0.2) is 0 Å². The van der Waals surface area contributed by atoms with E-state index in [-0.39, 0.29) is 5.91 Å². The molecule has 0 saturated heterocycles. The standard InChI is InChI=1S/C14H17N3O/c1-10-4-3-5-11(6-10)9-17(2)14(18)13-7-12(15)8-16-13/h3-8,16H,9,15H2,1-2H3. The van der Waals surface area contributed by atoms with Gasteiger partial charge in [0.25, 0.3) is 5.91 Å². The lowest BCUT2D eigenvalue weighted by molar-refractivity contribution is 0.0780. The smallest absolute Gasteiger partial charge is 0.270 e. The van der Waals surface area contributed by atoms with Crippen molar-refractivity contribution in [2.75, 3.05) is 12.8 Å². The topological polar surface area (TPSA) is 62.1 Å². The molecule has 1 aromatic carbocycles. The molecule has 3 N–H and O–H groups in total. The number of aromatic nitrogens is 1. The number of nitrogens with one attached hydrogen (secondary N) is 1. The van der Waals surface area contributed by atoms with Crippen LogP contribution in [0, 0.1) is 6.92 Å². The van der Waals surface area contributed by atoms with E-state index < -0.39 is 0 Å². The average molecular weight is 243 g/mol. The van der Waals surface area contributed by atoms with Gasteiger partial charge in [0, 0.05) is 25.5 Å². The summed E-state index contributed by atoms with van der Waals surface area (Å²) >= 11 is 0. The van der Waals surface area contributed by atoms with E-state index in [2.05, 4.69) is 11.1 Å². The molecule has 2 rings (SSSR count). The van der Waals surface area contributed by atoms with Crippen LogP contribution in [-0.4, -0.2) is 22.8 Å². The van der Waals surface area contributed by atoms with Gasteiger partial charge in [-0.1, -0.05) is 29.8 Å². The first-order chi connectivity index (χ1) is 8.56. The van der Waals surface area contributed by atoms with Crippen molar-refractivity contribution in [2.45, 2.75) is 13.5 Å². The van der Waals surface area contributed by atoms with E-state index in [1.54, 1.807) is 24.2 Å². The Kier molecular flexibility index (Phi) is 3.37. The maximum atomic E-state index is 12.1. The third-order valence-electron chi connectivity index (χ3n) is 2.78. The monoisotopic (exact) mass is 243 g/mol. The Morgan fingerprint density at radius 1 is 1.39 bits per heavy atom. The van der Waals surface area contributed by atoms with Crippen molar-refractivity contribution in [1.82, 2.24) is 9.88 Å². The van der Waals surface area contributed by atoms with E-state index in [4.69, 9.17) is 5.73 Å². The number of aromatic amines is 1. The quantitative estimate of drug-likeness (QED) is 0.868. The van der Waals surface area contributed by atoms with Crippen LogP contribution >= 0.6 is 0 Å². The summed E-state index contributed by atoms with van der Waals surface area (Å²) in [6, 6.07) is 9.77.